The van der Waals surface area contributed by atoms with E-state index in [1.54, 1.807) is 18.3 Å². The number of nitrogen functional groups attached to an aromatic ring is 1. The van der Waals surface area contributed by atoms with E-state index in [1.807, 2.05) is 18.2 Å². The zero-order chi connectivity index (χ0) is 25.0. The Bertz CT molecular complexity index is 1150. The number of rotatable bonds is 10. The highest BCUT2D eigenvalue weighted by atomic mass is 32.2. The average Bonchev–Trinajstić information content (AvgIpc) is 3.25. The Morgan fingerprint density at radius 2 is 2.06 bits per heavy atom. The highest BCUT2D eigenvalue weighted by Gasteiger charge is 2.31. The Kier molecular flexibility index (Phi) is 7.98. The van der Waals surface area contributed by atoms with E-state index >= 15 is 0 Å². The fourth-order valence-electron chi connectivity index (χ4n) is 4.97. The van der Waals surface area contributed by atoms with Crippen LogP contribution in [0, 0.1) is 0 Å². The van der Waals surface area contributed by atoms with Gasteiger partial charge in [-0.2, -0.15) is 0 Å². The molecule has 35 heavy (non-hydrogen) atoms. The van der Waals surface area contributed by atoms with Crippen molar-refractivity contribution in [3.05, 3.63) is 59.2 Å². The van der Waals surface area contributed by atoms with Gasteiger partial charge in [0, 0.05) is 37.3 Å². The lowest BCUT2D eigenvalue weighted by atomic mass is 9.76. The summed E-state index contributed by atoms with van der Waals surface area (Å²) in [5, 5.41) is 2.99. The van der Waals surface area contributed by atoms with Crippen LogP contribution in [-0.4, -0.2) is 63.9 Å². The van der Waals surface area contributed by atoms with Crippen LogP contribution in [-0.2, 0) is 22.9 Å². The van der Waals surface area contributed by atoms with Crippen LogP contribution in [0.25, 0.3) is 0 Å². The normalized spacial score (nSPS) is 21.9. The number of nitrogens with two attached hydrogens (primary N) is 1. The van der Waals surface area contributed by atoms with Crippen LogP contribution in [0.15, 0.2) is 47.5 Å². The molecular formula is C26H37N5O3S. The molecule has 4 N–H and O–H groups in total. The zero-order valence-electron chi connectivity index (χ0n) is 20.8. The molecule has 4 rings (SSSR count). The number of fused-ring (bicyclic) bond motifs is 1. The number of nitrogens with one attached hydrogen (secondary N) is 2. The van der Waals surface area contributed by atoms with E-state index < -0.39 is 15.4 Å². The van der Waals surface area contributed by atoms with Gasteiger partial charge in [-0.3, -0.25) is 4.99 Å². The highest BCUT2D eigenvalue weighted by molar-refractivity contribution is 7.90. The van der Waals surface area contributed by atoms with Crippen molar-refractivity contribution in [3.8, 4) is 5.75 Å². The fourth-order valence-corrected chi connectivity index (χ4v) is 6.18. The third-order valence-corrected chi connectivity index (χ3v) is 8.18. The topological polar surface area (TPSA) is 109 Å². The summed E-state index contributed by atoms with van der Waals surface area (Å²) in [5.41, 5.74) is 10.7. The van der Waals surface area contributed by atoms with Crippen LogP contribution in [0.1, 0.15) is 42.9 Å². The number of nitrogens with zero attached hydrogens (tertiary/aromatic N) is 2. The van der Waals surface area contributed by atoms with E-state index in [-0.39, 0.29) is 13.2 Å². The molecule has 190 valence electrons. The lowest BCUT2D eigenvalue weighted by Gasteiger charge is -2.36. The first-order chi connectivity index (χ1) is 16.7. The first-order valence-electron chi connectivity index (χ1n) is 12.3. The van der Waals surface area contributed by atoms with Crippen molar-refractivity contribution in [2.45, 2.75) is 56.5 Å². The summed E-state index contributed by atoms with van der Waals surface area (Å²) < 4.78 is 33.4. The van der Waals surface area contributed by atoms with Crippen LogP contribution in [0.3, 0.4) is 0 Å². The van der Waals surface area contributed by atoms with Gasteiger partial charge in [-0.05, 0) is 60.2 Å². The van der Waals surface area contributed by atoms with E-state index in [4.69, 9.17) is 10.5 Å². The second-order valence-corrected chi connectivity index (χ2v) is 11.8. The molecule has 0 aromatic heterocycles. The zero-order valence-corrected chi connectivity index (χ0v) is 21.6. The molecule has 0 bridgehead atoms. The third-order valence-electron chi connectivity index (χ3n) is 6.59. The Labute approximate surface area is 209 Å². The largest absolute Gasteiger partial charge is 0.492 e. The van der Waals surface area contributed by atoms with Gasteiger partial charge in [0.15, 0.2) is 5.37 Å². The van der Waals surface area contributed by atoms with Crippen molar-refractivity contribution in [1.82, 2.24) is 14.9 Å². The van der Waals surface area contributed by atoms with Crippen LogP contribution in [0.5, 0.6) is 5.75 Å². The number of aryl methyl sites for hydroxylation is 1. The Morgan fingerprint density at radius 3 is 2.77 bits per heavy atom. The lowest BCUT2D eigenvalue weighted by molar-refractivity contribution is 0.319. The standard InChI is InChI=1S/C26H37N5O3S/c1-18(2)30-25-10-8-20-7-9-22(15-23(20)24(25)14-19-5-4-6-21(27)13-19)34-12-11-29-35(32,33)26-16-31(3)17-28-26/h4-7,9,13,15,17-18,24-26,29-30H,8,10-12,14,16,27H2,1-3H3. The number of ether oxygens (including phenoxy) is 1. The van der Waals surface area contributed by atoms with E-state index in [1.165, 1.54) is 16.7 Å². The minimum absolute atomic E-state index is 0.194. The minimum Gasteiger partial charge on any atom is -0.492 e. The number of aliphatic imine (C=N–C) groups is 1. The predicted octanol–water partition coefficient (Wildman–Crippen LogP) is 2.51. The Hall–Kier alpha value is -2.62. The number of benzene rings is 2. The van der Waals surface area contributed by atoms with Crippen LogP contribution < -0.4 is 20.5 Å². The smallest absolute Gasteiger partial charge is 0.236 e. The molecule has 0 saturated carbocycles. The summed E-state index contributed by atoms with van der Waals surface area (Å²) in [4.78, 5) is 5.80. The number of hydrogen-bond donors (Lipinski definition) is 3. The Balaban J connectivity index is 1.44. The van der Waals surface area contributed by atoms with Crippen molar-refractivity contribution in [2.75, 3.05) is 32.5 Å². The molecule has 0 amide bonds. The van der Waals surface area contributed by atoms with Crippen molar-refractivity contribution in [1.29, 1.82) is 0 Å². The molecule has 0 saturated heterocycles. The van der Waals surface area contributed by atoms with Crippen molar-refractivity contribution < 1.29 is 13.2 Å². The van der Waals surface area contributed by atoms with E-state index in [0.717, 1.165) is 30.7 Å². The van der Waals surface area contributed by atoms with E-state index in [9.17, 15) is 8.42 Å². The van der Waals surface area contributed by atoms with Gasteiger partial charge in [-0.15, -0.1) is 0 Å². The van der Waals surface area contributed by atoms with Crippen LogP contribution in [0.4, 0.5) is 5.69 Å². The summed E-state index contributed by atoms with van der Waals surface area (Å²) in [7, 11) is -1.71. The van der Waals surface area contributed by atoms with E-state index in [2.05, 4.69) is 53.1 Å². The first kappa shape index (κ1) is 25.5. The highest BCUT2D eigenvalue weighted by Crippen LogP contribution is 2.37. The Morgan fingerprint density at radius 1 is 1.23 bits per heavy atom. The first-order valence-corrected chi connectivity index (χ1v) is 13.8. The number of likely N-dealkylation sites (N-methyl/N-ethyl adjacent to an activating group) is 1. The second-order valence-electron chi connectivity index (χ2n) is 9.83. The molecule has 3 unspecified atom stereocenters. The van der Waals surface area contributed by atoms with Gasteiger partial charge in [0.05, 0.1) is 12.9 Å². The van der Waals surface area contributed by atoms with Gasteiger partial charge in [0.2, 0.25) is 10.0 Å². The summed E-state index contributed by atoms with van der Waals surface area (Å²) in [6.45, 7) is 5.17. The van der Waals surface area contributed by atoms with Gasteiger partial charge in [-0.25, -0.2) is 13.1 Å². The van der Waals surface area contributed by atoms with Gasteiger partial charge in [0.25, 0.3) is 0 Å². The minimum atomic E-state index is -3.52. The molecular weight excluding hydrogens is 462 g/mol. The van der Waals surface area contributed by atoms with Gasteiger partial charge in [0.1, 0.15) is 12.4 Å². The van der Waals surface area contributed by atoms with Crippen LogP contribution in [0.2, 0.25) is 0 Å². The molecule has 1 aliphatic carbocycles. The fraction of sp³-hybridized carbons (Fsp3) is 0.500. The number of sulfonamides is 1. The molecule has 0 fully saturated rings. The molecule has 9 heteroatoms. The van der Waals surface area contributed by atoms with E-state index in [0.29, 0.717) is 24.5 Å². The summed E-state index contributed by atoms with van der Waals surface area (Å²) in [5.74, 6) is 1.05. The van der Waals surface area contributed by atoms with Crippen LogP contribution >= 0.6 is 0 Å². The maximum Gasteiger partial charge on any atom is 0.236 e. The summed E-state index contributed by atoms with van der Waals surface area (Å²) in [6.07, 6.45) is 4.54. The molecule has 2 aliphatic rings. The maximum atomic E-state index is 12.4. The molecule has 3 atom stereocenters. The molecule has 0 spiro atoms. The quantitative estimate of drug-likeness (QED) is 0.342. The lowest BCUT2D eigenvalue weighted by Crippen LogP contribution is -2.42. The number of anilines is 1. The molecule has 2 aromatic carbocycles. The maximum absolute atomic E-state index is 12.4. The molecule has 2 aromatic rings. The summed E-state index contributed by atoms with van der Waals surface area (Å²) >= 11 is 0. The molecule has 1 aliphatic heterocycles. The second kappa shape index (κ2) is 11.0. The molecule has 1 heterocycles. The van der Waals surface area contributed by atoms with Gasteiger partial charge < -0.3 is 20.7 Å². The average molecular weight is 500 g/mol. The van der Waals surface area contributed by atoms with Gasteiger partial charge >= 0.3 is 0 Å². The summed E-state index contributed by atoms with van der Waals surface area (Å²) in [6, 6.07) is 15.1. The third kappa shape index (κ3) is 6.54. The predicted molar refractivity (Wildman–Crippen MR) is 141 cm³/mol. The van der Waals surface area contributed by atoms with Crippen molar-refractivity contribution >= 4 is 22.0 Å². The molecule has 8 nitrogen and oxygen atoms in total. The van der Waals surface area contributed by atoms with Gasteiger partial charge in [-0.1, -0.05) is 32.0 Å². The monoisotopic (exact) mass is 499 g/mol. The molecule has 0 radical (unpaired) electrons. The number of hydrogen-bond acceptors (Lipinski definition) is 7. The SMILES string of the molecule is CC(C)NC1CCc2ccc(OCCNS(=O)(=O)C3CN(C)C=N3)cc2C1Cc1cccc(N)c1. The van der Waals surface area contributed by atoms with Crippen molar-refractivity contribution in [3.63, 3.8) is 0 Å². The van der Waals surface area contributed by atoms with Crippen molar-refractivity contribution in [2.24, 2.45) is 4.99 Å².